The molecule has 3 N–H and O–H groups in total. The average Bonchev–Trinajstić information content (AvgIpc) is 2.75. The molecule has 9 heteroatoms. The molecule has 2 rings (SSSR count). The van der Waals surface area contributed by atoms with E-state index in [-0.39, 0.29) is 36.1 Å². The lowest BCUT2D eigenvalue weighted by Crippen LogP contribution is -2.54. The van der Waals surface area contributed by atoms with Gasteiger partial charge in [-0.3, -0.25) is 4.79 Å². The summed E-state index contributed by atoms with van der Waals surface area (Å²) in [6.07, 6.45) is 3.20. The number of nitrogens with zero attached hydrogens (tertiary/aromatic N) is 1. The first-order chi connectivity index (χ1) is 11.4. The molecule has 1 saturated carbocycles. The number of ether oxygens (including phenoxy) is 1. The van der Waals surface area contributed by atoms with Gasteiger partial charge in [0.2, 0.25) is 15.9 Å². The number of sulfonamides is 1. The van der Waals surface area contributed by atoms with E-state index in [2.05, 4.69) is 5.32 Å². The van der Waals surface area contributed by atoms with Crippen molar-refractivity contribution < 1.29 is 22.7 Å². The number of carbonyl (C=O) groups is 2. The average molecular weight is 375 g/mol. The molecule has 0 spiro atoms. The summed E-state index contributed by atoms with van der Waals surface area (Å²) in [6, 6.07) is -0.306. The monoisotopic (exact) mass is 375 g/mol. The number of nitrogens with two attached hydrogens (primary N) is 1. The largest absolute Gasteiger partial charge is 0.444 e. The fourth-order valence-corrected chi connectivity index (χ4v) is 4.56. The number of likely N-dealkylation sites (tertiary alicyclic amines) is 1. The van der Waals surface area contributed by atoms with Gasteiger partial charge in [-0.1, -0.05) is 12.8 Å². The molecule has 2 fully saturated rings. The van der Waals surface area contributed by atoms with Crippen LogP contribution in [0, 0.1) is 5.92 Å². The van der Waals surface area contributed by atoms with Crippen molar-refractivity contribution in [1.82, 2.24) is 10.2 Å². The van der Waals surface area contributed by atoms with Crippen molar-refractivity contribution in [2.75, 3.05) is 12.3 Å². The minimum atomic E-state index is -3.61. The van der Waals surface area contributed by atoms with E-state index >= 15 is 0 Å². The molecule has 25 heavy (non-hydrogen) atoms. The lowest BCUT2D eigenvalue weighted by Gasteiger charge is -2.38. The van der Waals surface area contributed by atoms with Gasteiger partial charge in [-0.05, 0) is 33.6 Å². The highest BCUT2D eigenvalue weighted by Gasteiger charge is 2.40. The van der Waals surface area contributed by atoms with Gasteiger partial charge >= 0.3 is 6.09 Å². The van der Waals surface area contributed by atoms with Crippen LogP contribution in [0.2, 0.25) is 0 Å². The van der Waals surface area contributed by atoms with Gasteiger partial charge in [0.1, 0.15) is 5.60 Å². The van der Waals surface area contributed by atoms with E-state index in [9.17, 15) is 18.0 Å². The standard InChI is InChI=1S/C16H29N3O5S/c1-16(2,3)24-15(21)18-12-6-4-5-7-13(12)19-9-11(8-14(19)20)10-25(17,22)23/h11-13H,4-10H2,1-3H3,(H,18,21)(H2,17,22,23). The third kappa shape index (κ3) is 6.14. The van der Waals surface area contributed by atoms with Gasteiger partial charge in [-0.2, -0.15) is 0 Å². The molecule has 8 nitrogen and oxygen atoms in total. The molecule has 0 aromatic rings. The summed E-state index contributed by atoms with van der Waals surface area (Å²) in [5, 5.41) is 7.99. The molecule has 1 aliphatic carbocycles. The van der Waals surface area contributed by atoms with Crippen LogP contribution in [0.25, 0.3) is 0 Å². The van der Waals surface area contributed by atoms with E-state index in [1.54, 1.807) is 25.7 Å². The predicted molar refractivity (Wildman–Crippen MR) is 93.2 cm³/mol. The van der Waals surface area contributed by atoms with Crippen LogP contribution in [-0.4, -0.2) is 55.3 Å². The van der Waals surface area contributed by atoms with Gasteiger partial charge in [-0.15, -0.1) is 0 Å². The van der Waals surface area contributed by atoms with Crippen LogP contribution in [-0.2, 0) is 19.6 Å². The number of hydrogen-bond acceptors (Lipinski definition) is 5. The normalized spacial score (nSPS) is 28.1. The van der Waals surface area contributed by atoms with Crippen LogP contribution in [0.3, 0.4) is 0 Å². The Balaban J connectivity index is 2.02. The maximum absolute atomic E-state index is 12.4. The minimum absolute atomic E-state index is 0.0726. The maximum Gasteiger partial charge on any atom is 0.407 e. The zero-order valence-corrected chi connectivity index (χ0v) is 16.0. The highest BCUT2D eigenvalue weighted by molar-refractivity contribution is 7.89. The van der Waals surface area contributed by atoms with E-state index in [1.807, 2.05) is 0 Å². The number of nitrogens with one attached hydrogen (secondary N) is 1. The first-order valence-corrected chi connectivity index (χ1v) is 10.5. The molecule has 0 aromatic carbocycles. The van der Waals surface area contributed by atoms with Crippen LogP contribution in [0.5, 0.6) is 0 Å². The summed E-state index contributed by atoms with van der Waals surface area (Å²) >= 11 is 0. The predicted octanol–water partition coefficient (Wildman–Crippen LogP) is 0.959. The Morgan fingerprint density at radius 3 is 2.56 bits per heavy atom. The minimum Gasteiger partial charge on any atom is -0.444 e. The molecule has 0 radical (unpaired) electrons. The number of primary sulfonamides is 1. The van der Waals surface area contributed by atoms with Gasteiger partial charge in [0.25, 0.3) is 0 Å². The van der Waals surface area contributed by atoms with Crippen molar-refractivity contribution in [2.45, 2.75) is 70.6 Å². The molecule has 2 amide bonds. The molecule has 0 aromatic heterocycles. The van der Waals surface area contributed by atoms with Crippen LogP contribution >= 0.6 is 0 Å². The maximum atomic E-state index is 12.4. The zero-order chi connectivity index (χ0) is 18.8. The van der Waals surface area contributed by atoms with Gasteiger partial charge in [0.15, 0.2) is 0 Å². The molecule has 3 atom stereocenters. The van der Waals surface area contributed by atoms with Gasteiger partial charge in [0, 0.05) is 18.9 Å². The van der Waals surface area contributed by atoms with E-state index in [4.69, 9.17) is 9.88 Å². The third-order valence-electron chi connectivity index (χ3n) is 4.54. The van der Waals surface area contributed by atoms with Crippen molar-refractivity contribution in [3.05, 3.63) is 0 Å². The summed E-state index contributed by atoms with van der Waals surface area (Å²) in [7, 11) is -3.61. The summed E-state index contributed by atoms with van der Waals surface area (Å²) in [4.78, 5) is 26.2. The SMILES string of the molecule is CC(C)(C)OC(=O)NC1CCCCC1N1CC(CS(N)(=O)=O)CC1=O. The Morgan fingerprint density at radius 2 is 1.96 bits per heavy atom. The molecule has 3 unspecified atom stereocenters. The Labute approximate surface area is 149 Å². The number of hydrogen-bond donors (Lipinski definition) is 2. The van der Waals surface area contributed by atoms with Crippen LogP contribution in [0.15, 0.2) is 0 Å². The summed E-state index contributed by atoms with van der Waals surface area (Å²) in [6.45, 7) is 5.76. The highest BCUT2D eigenvalue weighted by Crippen LogP contribution is 2.29. The van der Waals surface area contributed by atoms with E-state index < -0.39 is 21.7 Å². The first-order valence-electron chi connectivity index (χ1n) is 8.74. The summed E-state index contributed by atoms with van der Waals surface area (Å²) in [5.41, 5.74) is -0.585. The number of rotatable bonds is 4. The number of amides is 2. The van der Waals surface area contributed by atoms with Crippen molar-refractivity contribution in [3.63, 3.8) is 0 Å². The van der Waals surface area contributed by atoms with E-state index in [0.29, 0.717) is 6.54 Å². The molecule has 1 heterocycles. The molecule has 0 bridgehead atoms. The second kappa shape index (κ2) is 7.49. The van der Waals surface area contributed by atoms with Crippen molar-refractivity contribution in [2.24, 2.45) is 11.1 Å². The Hall–Kier alpha value is -1.35. The van der Waals surface area contributed by atoms with Crippen LogP contribution in [0.1, 0.15) is 52.9 Å². The van der Waals surface area contributed by atoms with Gasteiger partial charge in [0.05, 0.1) is 17.8 Å². The molecule has 2 aliphatic rings. The third-order valence-corrected chi connectivity index (χ3v) is 5.47. The molecule has 1 saturated heterocycles. The van der Waals surface area contributed by atoms with E-state index in [1.165, 1.54) is 0 Å². The quantitative estimate of drug-likeness (QED) is 0.758. The molecular formula is C16H29N3O5S. The second-order valence-electron chi connectivity index (χ2n) is 8.05. The lowest BCUT2D eigenvalue weighted by atomic mass is 9.89. The van der Waals surface area contributed by atoms with E-state index in [0.717, 1.165) is 25.7 Å². The summed E-state index contributed by atoms with van der Waals surface area (Å²) in [5.74, 6) is -0.547. The van der Waals surface area contributed by atoms with Gasteiger partial charge < -0.3 is 15.0 Å². The number of carbonyl (C=O) groups excluding carboxylic acids is 2. The molecule has 144 valence electrons. The first kappa shape index (κ1) is 20.0. The smallest absolute Gasteiger partial charge is 0.407 e. The van der Waals surface area contributed by atoms with Crippen molar-refractivity contribution >= 4 is 22.0 Å². The second-order valence-corrected chi connectivity index (χ2v) is 9.71. The van der Waals surface area contributed by atoms with Crippen LogP contribution in [0.4, 0.5) is 4.79 Å². The Kier molecular flexibility index (Phi) is 5.98. The summed E-state index contributed by atoms with van der Waals surface area (Å²) < 4.78 is 27.9. The zero-order valence-electron chi connectivity index (χ0n) is 15.2. The van der Waals surface area contributed by atoms with Gasteiger partial charge in [-0.25, -0.2) is 18.4 Å². The topological polar surface area (TPSA) is 119 Å². The fourth-order valence-electron chi connectivity index (χ4n) is 3.68. The number of alkyl carbamates (subject to hydrolysis) is 1. The lowest BCUT2D eigenvalue weighted by molar-refractivity contribution is -0.130. The van der Waals surface area contributed by atoms with Crippen molar-refractivity contribution in [3.8, 4) is 0 Å². The fraction of sp³-hybridized carbons (Fsp3) is 0.875. The highest BCUT2D eigenvalue weighted by atomic mass is 32.2. The Morgan fingerprint density at radius 1 is 1.32 bits per heavy atom. The Bertz CT molecular complexity index is 614. The van der Waals surface area contributed by atoms with Crippen molar-refractivity contribution in [1.29, 1.82) is 0 Å². The molecular weight excluding hydrogens is 346 g/mol. The van der Waals surface area contributed by atoms with Crippen LogP contribution < -0.4 is 10.5 Å². The molecule has 1 aliphatic heterocycles.